The maximum absolute atomic E-state index is 13.3. The molecule has 0 bridgehead atoms. The largest absolute Gasteiger partial charge is 0.462 e. The Morgan fingerprint density at radius 3 is 2.69 bits per heavy atom. The van der Waals surface area contributed by atoms with Crippen LogP contribution in [-0.4, -0.2) is 17.5 Å². The van der Waals surface area contributed by atoms with Gasteiger partial charge in [0.2, 0.25) is 0 Å². The molecule has 0 spiro atoms. The van der Waals surface area contributed by atoms with E-state index in [2.05, 4.69) is 4.74 Å². The summed E-state index contributed by atoms with van der Waals surface area (Å²) >= 11 is 0. The van der Waals surface area contributed by atoms with Gasteiger partial charge < -0.3 is 4.74 Å². The summed E-state index contributed by atoms with van der Waals surface area (Å²) in [6.45, 7) is 3.09. The summed E-state index contributed by atoms with van der Waals surface area (Å²) in [4.78, 5) is 21.1. The van der Waals surface area contributed by atoms with Crippen LogP contribution in [0.25, 0.3) is 0 Å². The van der Waals surface area contributed by atoms with Crippen LogP contribution in [-0.2, 0) is 4.74 Å². The summed E-state index contributed by atoms with van der Waals surface area (Å²) in [5.41, 5.74) is -0.538. The summed E-state index contributed by atoms with van der Waals surface area (Å²) in [5, 5.41) is 10.5. The van der Waals surface area contributed by atoms with Gasteiger partial charge in [-0.15, -0.1) is 0 Å². The highest BCUT2D eigenvalue weighted by Gasteiger charge is 2.19. The predicted octanol–water partition coefficient (Wildman–Crippen LogP) is 2.22. The maximum atomic E-state index is 13.3. The van der Waals surface area contributed by atoms with E-state index >= 15 is 0 Å². The summed E-state index contributed by atoms with van der Waals surface area (Å²) in [7, 11) is 0. The number of rotatable bonds is 3. The molecule has 1 rings (SSSR count). The van der Waals surface area contributed by atoms with Gasteiger partial charge in [0.1, 0.15) is 5.82 Å². The van der Waals surface area contributed by atoms with Crippen LogP contribution in [0.1, 0.15) is 22.8 Å². The van der Waals surface area contributed by atoms with Crippen molar-refractivity contribution < 1.29 is 18.8 Å². The molecule has 0 aliphatic rings. The fourth-order valence-electron chi connectivity index (χ4n) is 1.19. The van der Waals surface area contributed by atoms with Crippen LogP contribution in [0, 0.1) is 22.9 Å². The van der Waals surface area contributed by atoms with Gasteiger partial charge in [-0.05, 0) is 19.4 Å². The molecule has 0 atom stereocenters. The highest BCUT2D eigenvalue weighted by molar-refractivity contribution is 5.91. The average Bonchev–Trinajstić information content (AvgIpc) is 2.21. The minimum absolute atomic E-state index is 0.0454. The van der Waals surface area contributed by atoms with Gasteiger partial charge in [-0.2, -0.15) is 0 Å². The molecular weight excluding hydrogens is 217 g/mol. The molecule has 0 unspecified atom stereocenters. The molecule has 0 aliphatic heterocycles. The number of hydrogen-bond acceptors (Lipinski definition) is 4. The first-order chi connectivity index (χ1) is 7.47. The van der Waals surface area contributed by atoms with E-state index in [9.17, 15) is 19.3 Å². The van der Waals surface area contributed by atoms with E-state index in [-0.39, 0.29) is 17.7 Å². The zero-order chi connectivity index (χ0) is 12.3. The third kappa shape index (κ3) is 2.33. The van der Waals surface area contributed by atoms with E-state index in [1.165, 1.54) is 6.92 Å². The lowest BCUT2D eigenvalue weighted by molar-refractivity contribution is -0.385. The van der Waals surface area contributed by atoms with Crippen LogP contribution < -0.4 is 0 Å². The summed E-state index contributed by atoms with van der Waals surface area (Å²) in [6.07, 6.45) is 0. The molecule has 5 nitrogen and oxygen atoms in total. The summed E-state index contributed by atoms with van der Waals surface area (Å²) in [5.74, 6) is -1.56. The summed E-state index contributed by atoms with van der Waals surface area (Å²) < 4.78 is 18.0. The molecule has 0 saturated heterocycles. The Hall–Kier alpha value is -1.98. The van der Waals surface area contributed by atoms with Crippen LogP contribution in [0.4, 0.5) is 10.1 Å². The van der Waals surface area contributed by atoms with E-state index in [1.807, 2.05) is 0 Å². The van der Waals surface area contributed by atoms with Crippen molar-refractivity contribution in [2.45, 2.75) is 13.8 Å². The molecule has 1 aromatic rings. The van der Waals surface area contributed by atoms with Crippen molar-refractivity contribution >= 4 is 11.7 Å². The second-order valence-electron chi connectivity index (χ2n) is 3.08. The Labute approximate surface area is 91.0 Å². The van der Waals surface area contributed by atoms with Gasteiger partial charge in [-0.1, -0.05) is 0 Å². The number of carbonyl (C=O) groups excluding carboxylic acids is 1. The van der Waals surface area contributed by atoms with Crippen LogP contribution >= 0.6 is 0 Å². The molecule has 0 aliphatic carbocycles. The van der Waals surface area contributed by atoms with Gasteiger partial charge in [0.25, 0.3) is 5.69 Å². The van der Waals surface area contributed by atoms with Crippen LogP contribution in [0.2, 0.25) is 0 Å². The molecule has 1 aromatic carbocycles. The van der Waals surface area contributed by atoms with Crippen LogP contribution in [0.3, 0.4) is 0 Å². The molecule has 0 fully saturated rings. The molecule has 0 heterocycles. The Balaban J connectivity index is 3.26. The minimum atomic E-state index is -0.794. The van der Waals surface area contributed by atoms with Gasteiger partial charge in [0.05, 0.1) is 23.2 Å². The van der Waals surface area contributed by atoms with Gasteiger partial charge in [0, 0.05) is 6.07 Å². The second kappa shape index (κ2) is 4.69. The van der Waals surface area contributed by atoms with Crippen molar-refractivity contribution in [1.29, 1.82) is 0 Å². The van der Waals surface area contributed by atoms with Crippen molar-refractivity contribution in [2.75, 3.05) is 6.61 Å². The fraction of sp³-hybridized carbons (Fsp3) is 0.300. The minimum Gasteiger partial charge on any atom is -0.462 e. The number of nitrogens with zero attached hydrogens (tertiary/aromatic N) is 1. The van der Waals surface area contributed by atoms with Crippen molar-refractivity contribution in [1.82, 2.24) is 0 Å². The second-order valence-corrected chi connectivity index (χ2v) is 3.08. The molecule has 0 radical (unpaired) electrons. The zero-order valence-corrected chi connectivity index (χ0v) is 8.82. The van der Waals surface area contributed by atoms with E-state index in [1.54, 1.807) is 6.92 Å². The number of non-ortho nitro benzene ring substituents is 1. The van der Waals surface area contributed by atoms with E-state index < -0.39 is 22.4 Å². The number of benzene rings is 1. The Morgan fingerprint density at radius 1 is 1.56 bits per heavy atom. The number of hydrogen-bond donors (Lipinski definition) is 0. The van der Waals surface area contributed by atoms with Crippen molar-refractivity contribution in [2.24, 2.45) is 0 Å². The van der Waals surface area contributed by atoms with E-state index in [0.717, 1.165) is 12.1 Å². The van der Waals surface area contributed by atoms with E-state index in [4.69, 9.17) is 0 Å². The van der Waals surface area contributed by atoms with Crippen molar-refractivity contribution in [3.8, 4) is 0 Å². The standard InChI is InChI=1S/C10H10FNO4/c1-3-16-10(13)8-4-7(12(14)15)5-9(11)6(8)2/h4-5H,3H2,1-2H3. The molecule has 0 N–H and O–H groups in total. The lowest BCUT2D eigenvalue weighted by Crippen LogP contribution is -2.08. The highest BCUT2D eigenvalue weighted by Crippen LogP contribution is 2.21. The quantitative estimate of drug-likeness (QED) is 0.451. The molecule has 6 heteroatoms. The molecule has 16 heavy (non-hydrogen) atoms. The third-order valence-corrected chi connectivity index (χ3v) is 2.04. The number of ether oxygens (including phenoxy) is 1. The molecule has 86 valence electrons. The lowest BCUT2D eigenvalue weighted by Gasteiger charge is -2.05. The smallest absolute Gasteiger partial charge is 0.338 e. The fourth-order valence-corrected chi connectivity index (χ4v) is 1.19. The Morgan fingerprint density at radius 2 is 2.19 bits per heavy atom. The number of nitro groups is 1. The summed E-state index contributed by atoms with van der Waals surface area (Å²) in [6, 6.07) is 1.79. The van der Waals surface area contributed by atoms with Gasteiger partial charge >= 0.3 is 5.97 Å². The molecule has 0 aromatic heterocycles. The molecule has 0 amide bonds. The third-order valence-electron chi connectivity index (χ3n) is 2.04. The highest BCUT2D eigenvalue weighted by atomic mass is 19.1. The first-order valence-electron chi connectivity index (χ1n) is 4.59. The van der Waals surface area contributed by atoms with Crippen LogP contribution in [0.5, 0.6) is 0 Å². The van der Waals surface area contributed by atoms with Crippen molar-refractivity contribution in [3.63, 3.8) is 0 Å². The SMILES string of the molecule is CCOC(=O)c1cc([N+](=O)[O-])cc(F)c1C. The van der Waals surface area contributed by atoms with Gasteiger partial charge in [-0.25, -0.2) is 9.18 Å². The van der Waals surface area contributed by atoms with Crippen molar-refractivity contribution in [3.05, 3.63) is 39.2 Å². The average molecular weight is 227 g/mol. The topological polar surface area (TPSA) is 69.4 Å². The number of halogens is 1. The van der Waals surface area contributed by atoms with Gasteiger partial charge in [0.15, 0.2) is 0 Å². The molecule has 0 saturated carbocycles. The molecular formula is C10H10FNO4. The Bertz CT molecular complexity index is 445. The first kappa shape index (κ1) is 12.1. The Kier molecular flexibility index (Phi) is 3.55. The number of nitro benzene ring substituents is 1. The normalized spacial score (nSPS) is 9.94. The number of carbonyl (C=O) groups is 1. The van der Waals surface area contributed by atoms with Gasteiger partial charge in [-0.3, -0.25) is 10.1 Å². The van der Waals surface area contributed by atoms with Crippen LogP contribution in [0.15, 0.2) is 12.1 Å². The zero-order valence-electron chi connectivity index (χ0n) is 8.82. The predicted molar refractivity (Wildman–Crippen MR) is 53.7 cm³/mol. The first-order valence-corrected chi connectivity index (χ1v) is 4.59. The van der Waals surface area contributed by atoms with E-state index in [0.29, 0.717) is 0 Å². The number of esters is 1. The lowest BCUT2D eigenvalue weighted by atomic mass is 10.1. The maximum Gasteiger partial charge on any atom is 0.338 e. The monoisotopic (exact) mass is 227 g/mol.